The van der Waals surface area contributed by atoms with Crippen molar-refractivity contribution in [2.45, 2.75) is 31.1 Å². The maximum absolute atomic E-state index is 5.65. The molecule has 5 rings (SSSR count). The number of fused-ring (bicyclic) bond motifs is 1. The summed E-state index contributed by atoms with van der Waals surface area (Å²) < 4.78 is 7.72. The Kier molecular flexibility index (Phi) is 5.90. The molecule has 2 aliphatic rings. The fraction of sp³-hybridized carbons (Fsp3) is 0.450. The molecule has 5 heterocycles. The maximum Gasteiger partial charge on any atom is 0.162 e. The Labute approximate surface area is 190 Å². The fourth-order valence-electron chi connectivity index (χ4n) is 4.03. The average molecular weight is 539 g/mol. The first-order valence-corrected chi connectivity index (χ1v) is 14.2. The molecule has 9 heteroatoms. The SMILES string of the molecule is CC1COCCN1c1cc(C2CCCS2)nc(-c2ccnc3c2ccn3SI)n1. The van der Waals surface area contributed by atoms with E-state index in [0.717, 1.165) is 53.7 Å². The normalized spacial score (nSPS) is 22.5. The van der Waals surface area contributed by atoms with Gasteiger partial charge in [-0.15, -0.1) is 0 Å². The third-order valence-corrected chi connectivity index (χ3v) is 8.64. The first-order chi connectivity index (χ1) is 14.2. The predicted molar refractivity (Wildman–Crippen MR) is 130 cm³/mol. The smallest absolute Gasteiger partial charge is 0.162 e. The number of thioether (sulfide) groups is 1. The molecule has 6 nitrogen and oxygen atoms in total. The summed E-state index contributed by atoms with van der Waals surface area (Å²) in [4.78, 5) is 17.0. The zero-order valence-corrected chi connectivity index (χ0v) is 19.9. The van der Waals surface area contributed by atoms with Crippen LogP contribution < -0.4 is 4.90 Å². The number of ether oxygens (including phenoxy) is 1. The van der Waals surface area contributed by atoms with Crippen LogP contribution in [0.15, 0.2) is 30.6 Å². The van der Waals surface area contributed by atoms with E-state index in [1.54, 1.807) is 9.12 Å². The molecule has 2 aliphatic heterocycles. The van der Waals surface area contributed by atoms with Crippen molar-refractivity contribution in [2.75, 3.05) is 30.4 Å². The first-order valence-electron chi connectivity index (χ1n) is 9.85. The van der Waals surface area contributed by atoms with E-state index in [9.17, 15) is 0 Å². The molecule has 0 saturated carbocycles. The van der Waals surface area contributed by atoms with Crippen LogP contribution in [0.3, 0.4) is 0 Å². The van der Waals surface area contributed by atoms with Crippen LogP contribution in [0, 0.1) is 0 Å². The van der Waals surface area contributed by atoms with E-state index in [0.29, 0.717) is 11.3 Å². The van der Waals surface area contributed by atoms with E-state index in [1.807, 2.05) is 24.0 Å². The van der Waals surface area contributed by atoms with Crippen LogP contribution in [-0.4, -0.2) is 50.5 Å². The standard InChI is InChI=1S/C20H22IN5OS2/c1-13-12-27-9-8-25(13)18-11-16(17-3-2-10-28-17)23-19(24-18)14-4-6-22-20-15(14)5-7-26(20)29-21/h4-7,11,13,17H,2-3,8-10,12H2,1H3. The van der Waals surface area contributed by atoms with Gasteiger partial charge in [0.05, 0.1) is 24.9 Å². The van der Waals surface area contributed by atoms with Gasteiger partial charge in [0.15, 0.2) is 11.5 Å². The second kappa shape index (κ2) is 8.60. The van der Waals surface area contributed by atoms with E-state index in [2.05, 4.69) is 60.3 Å². The van der Waals surface area contributed by atoms with Gasteiger partial charge in [0.2, 0.25) is 0 Å². The maximum atomic E-state index is 5.65. The van der Waals surface area contributed by atoms with Crippen LogP contribution in [0.1, 0.15) is 30.7 Å². The lowest BCUT2D eigenvalue weighted by Gasteiger charge is -2.34. The van der Waals surface area contributed by atoms with Crippen molar-refractivity contribution >= 4 is 58.9 Å². The van der Waals surface area contributed by atoms with Crippen LogP contribution in [0.4, 0.5) is 5.82 Å². The Hall–Kier alpha value is -1.04. The highest BCUT2D eigenvalue weighted by molar-refractivity contribution is 14.2. The van der Waals surface area contributed by atoms with Gasteiger partial charge in [-0.05, 0) is 37.7 Å². The molecule has 3 aromatic heterocycles. The molecule has 0 spiro atoms. The molecule has 2 fully saturated rings. The van der Waals surface area contributed by atoms with E-state index < -0.39 is 0 Å². The molecular weight excluding hydrogens is 517 g/mol. The molecule has 2 atom stereocenters. The molecule has 0 N–H and O–H groups in total. The number of hydrogen-bond acceptors (Lipinski definition) is 7. The van der Waals surface area contributed by atoms with Crippen molar-refractivity contribution in [2.24, 2.45) is 0 Å². The van der Waals surface area contributed by atoms with Gasteiger partial charge in [-0.2, -0.15) is 11.8 Å². The molecular formula is C20H22IN5OS2. The highest BCUT2D eigenvalue weighted by Crippen LogP contribution is 2.41. The number of pyridine rings is 1. The minimum Gasteiger partial charge on any atom is -0.377 e. The largest absolute Gasteiger partial charge is 0.377 e. The lowest BCUT2D eigenvalue weighted by molar-refractivity contribution is 0.0985. The van der Waals surface area contributed by atoms with Gasteiger partial charge in [-0.1, -0.05) is 0 Å². The van der Waals surface area contributed by atoms with Crippen molar-refractivity contribution in [3.63, 3.8) is 0 Å². The molecule has 0 radical (unpaired) electrons. The lowest BCUT2D eigenvalue weighted by Crippen LogP contribution is -2.44. The Morgan fingerprint density at radius 2 is 2.24 bits per heavy atom. The Balaban J connectivity index is 1.65. The van der Waals surface area contributed by atoms with Gasteiger partial charge in [-0.25, -0.2) is 15.0 Å². The predicted octanol–water partition coefficient (Wildman–Crippen LogP) is 5.13. The van der Waals surface area contributed by atoms with Crippen molar-refractivity contribution in [3.05, 3.63) is 36.3 Å². The monoisotopic (exact) mass is 539 g/mol. The summed E-state index contributed by atoms with van der Waals surface area (Å²) in [6.45, 7) is 4.55. The highest BCUT2D eigenvalue weighted by atomic mass is 127. The summed E-state index contributed by atoms with van der Waals surface area (Å²) in [6, 6.07) is 6.67. The number of hydrogen-bond donors (Lipinski definition) is 0. The van der Waals surface area contributed by atoms with Gasteiger partial charge >= 0.3 is 0 Å². The number of rotatable bonds is 4. The molecule has 2 unspecified atom stereocenters. The number of nitrogens with zero attached hydrogens (tertiary/aromatic N) is 5. The Bertz CT molecular complexity index is 1020. The molecule has 0 aromatic carbocycles. The number of anilines is 1. The molecule has 0 aliphatic carbocycles. The second-order valence-corrected chi connectivity index (χ2v) is 10.4. The fourth-order valence-corrected chi connectivity index (χ4v) is 6.54. The molecule has 3 aromatic rings. The van der Waals surface area contributed by atoms with Gasteiger partial charge in [0.25, 0.3) is 0 Å². The van der Waals surface area contributed by atoms with E-state index in [-0.39, 0.29) is 0 Å². The summed E-state index contributed by atoms with van der Waals surface area (Å²) in [5.41, 5.74) is 3.15. The Morgan fingerprint density at radius 1 is 1.31 bits per heavy atom. The zero-order valence-electron chi connectivity index (χ0n) is 16.1. The lowest BCUT2D eigenvalue weighted by atomic mass is 10.1. The van der Waals surface area contributed by atoms with Crippen molar-refractivity contribution in [1.29, 1.82) is 0 Å². The molecule has 0 amide bonds. The number of morpholine rings is 1. The van der Waals surface area contributed by atoms with Gasteiger partial charge in [-0.3, -0.25) is 3.97 Å². The summed E-state index contributed by atoms with van der Waals surface area (Å²) in [7, 11) is 1.62. The summed E-state index contributed by atoms with van der Waals surface area (Å²) in [6.07, 6.45) is 6.36. The average Bonchev–Trinajstić information content (AvgIpc) is 3.43. The van der Waals surface area contributed by atoms with Gasteiger partial charge in [0.1, 0.15) is 5.82 Å². The van der Waals surface area contributed by atoms with Gasteiger partial charge in [0, 0.05) is 71.5 Å². The van der Waals surface area contributed by atoms with Crippen LogP contribution in [0.25, 0.3) is 22.4 Å². The topological polar surface area (TPSA) is 56.1 Å². The molecule has 2 saturated heterocycles. The van der Waals surface area contributed by atoms with E-state index in [1.165, 1.54) is 18.6 Å². The summed E-state index contributed by atoms with van der Waals surface area (Å²) in [5.74, 6) is 3.02. The molecule has 29 heavy (non-hydrogen) atoms. The van der Waals surface area contributed by atoms with E-state index in [4.69, 9.17) is 14.7 Å². The summed E-state index contributed by atoms with van der Waals surface area (Å²) >= 11 is 4.29. The number of aromatic nitrogens is 4. The zero-order chi connectivity index (χ0) is 19.8. The highest BCUT2D eigenvalue weighted by Gasteiger charge is 2.26. The van der Waals surface area contributed by atoms with Crippen LogP contribution >= 0.6 is 42.1 Å². The van der Waals surface area contributed by atoms with Crippen molar-refractivity contribution in [3.8, 4) is 11.4 Å². The summed E-state index contributed by atoms with van der Waals surface area (Å²) in [5, 5.41) is 1.55. The van der Waals surface area contributed by atoms with Crippen LogP contribution in [0.5, 0.6) is 0 Å². The second-order valence-electron chi connectivity index (χ2n) is 7.40. The van der Waals surface area contributed by atoms with Crippen LogP contribution in [-0.2, 0) is 4.74 Å². The van der Waals surface area contributed by atoms with Gasteiger partial charge < -0.3 is 9.64 Å². The van der Waals surface area contributed by atoms with E-state index >= 15 is 0 Å². The van der Waals surface area contributed by atoms with Crippen molar-refractivity contribution in [1.82, 2.24) is 18.9 Å². The third kappa shape index (κ3) is 3.86. The minimum atomic E-state index is 0.310. The molecule has 152 valence electrons. The molecule has 0 bridgehead atoms. The van der Waals surface area contributed by atoms with Crippen molar-refractivity contribution < 1.29 is 4.74 Å². The Morgan fingerprint density at radius 3 is 3.03 bits per heavy atom. The third-order valence-electron chi connectivity index (χ3n) is 5.52. The first kappa shape index (κ1) is 19.9. The minimum absolute atomic E-state index is 0.310. The number of halogens is 1. The van der Waals surface area contributed by atoms with Crippen LogP contribution in [0.2, 0.25) is 0 Å². The quantitative estimate of drug-likeness (QED) is 0.426.